The second kappa shape index (κ2) is 4.74. The third kappa shape index (κ3) is 2.89. The molecule has 0 heterocycles. The van der Waals surface area contributed by atoms with Crippen LogP contribution in [0.4, 0.5) is 0 Å². The fraction of sp³-hybridized carbons (Fsp3) is 0.417. The van der Waals surface area contributed by atoms with E-state index in [1.807, 2.05) is 6.92 Å². The number of carbonyl (C=O) groups excluding carboxylic acids is 1. The van der Waals surface area contributed by atoms with Crippen LogP contribution in [0.1, 0.15) is 19.4 Å². The van der Waals surface area contributed by atoms with Gasteiger partial charge < -0.3 is 10.1 Å². The first kappa shape index (κ1) is 12.8. The Morgan fingerprint density at radius 3 is 2.56 bits per heavy atom. The summed E-state index contributed by atoms with van der Waals surface area (Å²) >= 11 is 5.84. The number of nitrogens with one attached hydrogen (secondary N) is 1. The second-order valence-electron chi connectivity index (χ2n) is 4.10. The molecule has 0 aliphatic rings. The molecule has 0 saturated carbocycles. The summed E-state index contributed by atoms with van der Waals surface area (Å²) < 4.78 is 5.67. The summed E-state index contributed by atoms with van der Waals surface area (Å²) in [5.74, 6) is 0.500. The highest BCUT2D eigenvalue weighted by molar-refractivity contribution is 6.30. The van der Waals surface area contributed by atoms with E-state index in [-0.39, 0.29) is 5.91 Å². The highest BCUT2D eigenvalue weighted by atomic mass is 35.5. The molecule has 0 aromatic heterocycles. The Balaban J connectivity index is 2.92. The molecule has 0 unspecified atom stereocenters. The molecule has 4 heteroatoms. The zero-order valence-electron chi connectivity index (χ0n) is 9.93. The van der Waals surface area contributed by atoms with Crippen molar-refractivity contribution in [2.75, 3.05) is 7.05 Å². The summed E-state index contributed by atoms with van der Waals surface area (Å²) in [5, 5.41) is 3.22. The largest absolute Gasteiger partial charge is 0.478 e. The average Bonchev–Trinajstić information content (AvgIpc) is 2.21. The highest BCUT2D eigenvalue weighted by Gasteiger charge is 2.29. The molecule has 0 bridgehead atoms. The third-order valence-electron chi connectivity index (χ3n) is 2.28. The molecule has 1 aromatic carbocycles. The van der Waals surface area contributed by atoms with E-state index in [4.69, 9.17) is 16.3 Å². The Morgan fingerprint density at radius 1 is 1.44 bits per heavy atom. The maximum Gasteiger partial charge on any atom is 0.263 e. The summed E-state index contributed by atoms with van der Waals surface area (Å²) in [6.45, 7) is 5.33. The summed E-state index contributed by atoms with van der Waals surface area (Å²) in [4.78, 5) is 11.6. The van der Waals surface area contributed by atoms with Gasteiger partial charge in [-0.3, -0.25) is 4.79 Å². The monoisotopic (exact) mass is 241 g/mol. The fourth-order valence-corrected chi connectivity index (χ4v) is 1.58. The van der Waals surface area contributed by atoms with Gasteiger partial charge in [-0.15, -0.1) is 0 Å². The van der Waals surface area contributed by atoms with Crippen LogP contribution in [-0.4, -0.2) is 18.6 Å². The average molecular weight is 242 g/mol. The molecule has 0 radical (unpaired) electrons. The molecule has 0 spiro atoms. The van der Waals surface area contributed by atoms with E-state index < -0.39 is 5.60 Å². The van der Waals surface area contributed by atoms with E-state index in [0.29, 0.717) is 10.8 Å². The Hall–Kier alpha value is -1.22. The fourth-order valence-electron chi connectivity index (χ4n) is 1.35. The van der Waals surface area contributed by atoms with E-state index in [0.717, 1.165) is 5.56 Å². The van der Waals surface area contributed by atoms with Crippen LogP contribution < -0.4 is 10.1 Å². The summed E-state index contributed by atoms with van der Waals surface area (Å²) in [7, 11) is 1.59. The minimum absolute atomic E-state index is 0.165. The Morgan fingerprint density at radius 2 is 2.06 bits per heavy atom. The summed E-state index contributed by atoms with van der Waals surface area (Å²) in [6, 6.07) is 5.31. The third-order valence-corrected chi connectivity index (χ3v) is 2.51. The highest BCUT2D eigenvalue weighted by Crippen LogP contribution is 2.25. The molecule has 0 aliphatic carbocycles. The first-order valence-electron chi connectivity index (χ1n) is 5.04. The van der Waals surface area contributed by atoms with E-state index in [1.165, 1.54) is 0 Å². The molecule has 1 aromatic rings. The van der Waals surface area contributed by atoms with E-state index in [9.17, 15) is 4.79 Å². The molecule has 0 aliphatic heterocycles. The molecular weight excluding hydrogens is 226 g/mol. The van der Waals surface area contributed by atoms with Crippen LogP contribution in [0.15, 0.2) is 18.2 Å². The van der Waals surface area contributed by atoms with Gasteiger partial charge in [0.25, 0.3) is 5.91 Å². The van der Waals surface area contributed by atoms with Gasteiger partial charge in [0.05, 0.1) is 0 Å². The van der Waals surface area contributed by atoms with Crippen LogP contribution in [0.5, 0.6) is 5.75 Å². The van der Waals surface area contributed by atoms with E-state index >= 15 is 0 Å². The van der Waals surface area contributed by atoms with Crippen LogP contribution in [0.2, 0.25) is 5.02 Å². The maximum absolute atomic E-state index is 11.6. The minimum atomic E-state index is -0.895. The standard InChI is InChI=1S/C12H16ClNO2/c1-8-7-9(13)5-6-10(8)16-12(2,3)11(15)14-4/h5-7H,1-4H3,(H,14,15). The number of hydrogen-bond acceptors (Lipinski definition) is 2. The number of carbonyl (C=O) groups is 1. The maximum atomic E-state index is 11.6. The smallest absolute Gasteiger partial charge is 0.263 e. The number of likely N-dealkylation sites (N-methyl/N-ethyl adjacent to an activating group) is 1. The zero-order valence-corrected chi connectivity index (χ0v) is 10.7. The lowest BCUT2D eigenvalue weighted by atomic mass is 10.1. The van der Waals surface area contributed by atoms with Gasteiger partial charge in [-0.1, -0.05) is 11.6 Å². The van der Waals surface area contributed by atoms with Crippen LogP contribution in [0, 0.1) is 6.92 Å². The van der Waals surface area contributed by atoms with Crippen molar-refractivity contribution in [3.05, 3.63) is 28.8 Å². The Labute approximate surface area is 101 Å². The van der Waals surface area contributed by atoms with Crippen molar-refractivity contribution in [3.8, 4) is 5.75 Å². The number of aryl methyl sites for hydroxylation is 1. The van der Waals surface area contributed by atoms with Crippen molar-refractivity contribution in [1.29, 1.82) is 0 Å². The van der Waals surface area contributed by atoms with Crippen molar-refractivity contribution < 1.29 is 9.53 Å². The van der Waals surface area contributed by atoms with Crippen molar-refractivity contribution in [2.24, 2.45) is 0 Å². The van der Waals surface area contributed by atoms with Gasteiger partial charge in [0.1, 0.15) is 5.75 Å². The first-order chi connectivity index (χ1) is 7.36. The van der Waals surface area contributed by atoms with Crippen molar-refractivity contribution in [2.45, 2.75) is 26.4 Å². The van der Waals surface area contributed by atoms with Gasteiger partial charge in [-0.2, -0.15) is 0 Å². The molecule has 88 valence electrons. The second-order valence-corrected chi connectivity index (χ2v) is 4.54. The summed E-state index contributed by atoms with van der Waals surface area (Å²) in [6.07, 6.45) is 0. The predicted octanol–water partition coefficient (Wildman–Crippen LogP) is 2.55. The van der Waals surface area contributed by atoms with Crippen molar-refractivity contribution >= 4 is 17.5 Å². The molecule has 0 atom stereocenters. The van der Waals surface area contributed by atoms with Crippen LogP contribution in [-0.2, 0) is 4.79 Å². The molecular formula is C12H16ClNO2. The predicted molar refractivity (Wildman–Crippen MR) is 65.0 cm³/mol. The van der Waals surface area contributed by atoms with Gasteiger partial charge in [0.2, 0.25) is 0 Å². The molecule has 1 rings (SSSR count). The number of rotatable bonds is 3. The topological polar surface area (TPSA) is 38.3 Å². The van der Waals surface area contributed by atoms with Crippen LogP contribution >= 0.6 is 11.6 Å². The quantitative estimate of drug-likeness (QED) is 0.883. The molecule has 0 fully saturated rings. The lowest BCUT2D eigenvalue weighted by Gasteiger charge is -2.25. The van der Waals surface area contributed by atoms with Gasteiger partial charge in [-0.05, 0) is 44.5 Å². The van der Waals surface area contributed by atoms with Crippen molar-refractivity contribution in [1.82, 2.24) is 5.32 Å². The Kier molecular flexibility index (Phi) is 3.81. The summed E-state index contributed by atoms with van der Waals surface area (Å²) in [5.41, 5.74) is 0.0114. The number of amides is 1. The molecule has 16 heavy (non-hydrogen) atoms. The minimum Gasteiger partial charge on any atom is -0.478 e. The van der Waals surface area contributed by atoms with Crippen LogP contribution in [0.3, 0.4) is 0 Å². The van der Waals surface area contributed by atoms with Gasteiger partial charge in [0.15, 0.2) is 5.60 Å². The number of benzene rings is 1. The Bertz CT molecular complexity index is 402. The molecule has 1 amide bonds. The van der Waals surface area contributed by atoms with Crippen LogP contribution in [0.25, 0.3) is 0 Å². The van der Waals surface area contributed by atoms with Crippen molar-refractivity contribution in [3.63, 3.8) is 0 Å². The molecule has 1 N–H and O–H groups in total. The first-order valence-corrected chi connectivity index (χ1v) is 5.42. The van der Waals surface area contributed by atoms with E-state index in [2.05, 4.69) is 5.32 Å². The van der Waals surface area contributed by atoms with E-state index in [1.54, 1.807) is 39.1 Å². The van der Waals surface area contributed by atoms with Gasteiger partial charge in [0, 0.05) is 12.1 Å². The zero-order chi connectivity index (χ0) is 12.3. The number of halogens is 1. The lowest BCUT2D eigenvalue weighted by Crippen LogP contribution is -2.45. The molecule has 0 saturated heterocycles. The number of ether oxygens (including phenoxy) is 1. The SMILES string of the molecule is CNC(=O)C(C)(C)Oc1ccc(Cl)cc1C. The van der Waals surface area contributed by atoms with Gasteiger partial charge >= 0.3 is 0 Å². The van der Waals surface area contributed by atoms with Gasteiger partial charge in [-0.25, -0.2) is 0 Å². The lowest BCUT2D eigenvalue weighted by molar-refractivity contribution is -0.133. The number of hydrogen-bond donors (Lipinski definition) is 1. The normalized spacial score (nSPS) is 11.1. The molecule has 3 nitrogen and oxygen atoms in total.